The van der Waals surface area contributed by atoms with Gasteiger partial charge in [0.05, 0.1) is 23.5 Å². The van der Waals surface area contributed by atoms with Gasteiger partial charge in [0.25, 0.3) is 5.91 Å². The summed E-state index contributed by atoms with van der Waals surface area (Å²) in [5, 5.41) is 6.96. The molecule has 4 aromatic rings. The molecule has 3 heterocycles. The summed E-state index contributed by atoms with van der Waals surface area (Å²) in [6.07, 6.45) is -5.08. The number of rotatable bonds is 7. The lowest BCUT2D eigenvalue weighted by Gasteiger charge is -2.28. The third-order valence-corrected chi connectivity index (χ3v) is 7.48. The fourth-order valence-corrected chi connectivity index (χ4v) is 5.47. The van der Waals surface area contributed by atoms with Crippen LogP contribution in [0.2, 0.25) is 0 Å². The van der Waals surface area contributed by atoms with Gasteiger partial charge in [-0.15, -0.1) is 0 Å². The van der Waals surface area contributed by atoms with E-state index in [4.69, 9.17) is 9.47 Å². The smallest absolute Gasteiger partial charge is 0.416 e. The van der Waals surface area contributed by atoms with Crippen molar-refractivity contribution < 1.29 is 46.1 Å². The van der Waals surface area contributed by atoms with Crippen molar-refractivity contribution >= 4 is 17.5 Å². The summed E-state index contributed by atoms with van der Waals surface area (Å²) in [4.78, 5) is 34.2. The van der Waals surface area contributed by atoms with Crippen molar-refractivity contribution in [2.75, 3.05) is 6.61 Å². The molecule has 1 aliphatic rings. The topological polar surface area (TPSA) is 104 Å². The van der Waals surface area contributed by atoms with Gasteiger partial charge in [-0.3, -0.25) is 9.74 Å². The van der Waals surface area contributed by atoms with Gasteiger partial charge in [-0.25, -0.2) is 18.7 Å². The predicted octanol–water partition coefficient (Wildman–Crippen LogP) is 6.71. The Labute approximate surface area is 260 Å². The number of benzene rings is 2. The molecule has 9 nitrogen and oxygen atoms in total. The molecule has 1 N–H and O–H groups in total. The number of hydrogen-bond donors (Lipinski definition) is 1. The van der Waals surface area contributed by atoms with Gasteiger partial charge in [0.1, 0.15) is 0 Å². The molecule has 0 saturated heterocycles. The van der Waals surface area contributed by atoms with Gasteiger partial charge in [0.2, 0.25) is 0 Å². The number of fused-ring (bicyclic) bond motifs is 2. The molecule has 1 atom stereocenters. The molecular weight excluding hydrogens is 615 g/mol. The number of nitrogens with one attached hydrogen (secondary N) is 1. The Morgan fingerprint density at radius 2 is 1.87 bits per heavy atom. The van der Waals surface area contributed by atoms with E-state index >= 15 is 4.39 Å². The minimum atomic E-state index is -4.55. The van der Waals surface area contributed by atoms with Gasteiger partial charge in [0, 0.05) is 39.5 Å². The van der Waals surface area contributed by atoms with Crippen LogP contribution >= 0.6 is 0 Å². The molecule has 0 spiro atoms. The zero-order valence-electron chi connectivity index (χ0n) is 25.6. The number of halogens is 5. The number of aryl methyl sites for hydroxylation is 1. The Kier molecular flexibility index (Phi) is 8.77. The minimum Gasteiger partial charge on any atom is -0.490 e. The maximum Gasteiger partial charge on any atom is 0.416 e. The highest BCUT2D eigenvalue weighted by molar-refractivity contribution is 5.93. The zero-order valence-corrected chi connectivity index (χ0v) is 25.6. The summed E-state index contributed by atoms with van der Waals surface area (Å²) >= 11 is 0. The molecular formula is C32H31F5N4O5. The van der Waals surface area contributed by atoms with Crippen molar-refractivity contribution in [2.24, 2.45) is 0 Å². The monoisotopic (exact) mass is 646 g/mol. The second kappa shape index (κ2) is 12.3. The number of alkyl halides is 3. The summed E-state index contributed by atoms with van der Waals surface area (Å²) in [5.74, 6) is -2.68. The van der Waals surface area contributed by atoms with Gasteiger partial charge in [0.15, 0.2) is 29.0 Å². The predicted molar refractivity (Wildman–Crippen MR) is 155 cm³/mol. The first kappa shape index (κ1) is 32.8. The molecule has 14 heteroatoms. The van der Waals surface area contributed by atoms with E-state index in [2.05, 4.69) is 20.3 Å². The van der Waals surface area contributed by atoms with Crippen molar-refractivity contribution in [1.82, 2.24) is 19.9 Å². The second-order valence-corrected chi connectivity index (χ2v) is 11.9. The molecule has 1 amide bonds. The van der Waals surface area contributed by atoms with E-state index in [0.29, 0.717) is 30.6 Å². The number of ether oxygens (including phenoxy) is 2. The Hall–Kier alpha value is -4.59. The van der Waals surface area contributed by atoms with Gasteiger partial charge >= 0.3 is 12.1 Å². The summed E-state index contributed by atoms with van der Waals surface area (Å²) in [7, 11) is 0. The van der Waals surface area contributed by atoms with Crippen LogP contribution in [0, 0.1) is 19.7 Å². The maximum absolute atomic E-state index is 15.5. The average Bonchev–Trinajstić information content (AvgIpc) is 3.42. The van der Waals surface area contributed by atoms with Gasteiger partial charge < -0.3 is 14.8 Å². The molecule has 1 aliphatic heterocycles. The minimum absolute atomic E-state index is 0.0308. The first-order valence-corrected chi connectivity index (χ1v) is 14.4. The molecule has 46 heavy (non-hydrogen) atoms. The third kappa shape index (κ3) is 6.52. The van der Waals surface area contributed by atoms with Crippen LogP contribution in [-0.2, 0) is 33.6 Å². The lowest BCUT2D eigenvalue weighted by atomic mass is 9.91. The average molecular weight is 647 g/mol. The Bertz CT molecular complexity index is 1830. The molecule has 0 bridgehead atoms. The van der Waals surface area contributed by atoms with Crippen LogP contribution in [0.1, 0.15) is 77.3 Å². The number of nitrogens with zero attached hydrogens (tertiary/aromatic N) is 3. The standard InChI is InChI=1S/C32H31F5N4O5/c1-16-20-10-7-11-44-27(20)22(33)13-21(16)26-25(28(30(43)46-37)45-31(3,4)5)17(2)39-24-14-23(40-41(24)26)29(42)38-15-18-8-6-9-19(12-18)32(34,35)36/h6,8-9,12-14,28H,7,10-11,15H2,1-5H3,(H,38,42)/t28-/m0/s1. The van der Waals surface area contributed by atoms with Gasteiger partial charge in [-0.1, -0.05) is 12.1 Å². The van der Waals surface area contributed by atoms with Gasteiger partial charge in [-0.2, -0.15) is 18.3 Å². The zero-order chi connectivity index (χ0) is 33.6. The van der Waals surface area contributed by atoms with E-state index in [1.54, 1.807) is 27.7 Å². The lowest BCUT2D eigenvalue weighted by molar-refractivity contribution is -0.205. The third-order valence-electron chi connectivity index (χ3n) is 7.48. The first-order valence-electron chi connectivity index (χ1n) is 14.4. The highest BCUT2D eigenvalue weighted by Gasteiger charge is 2.36. The van der Waals surface area contributed by atoms with Crippen LogP contribution in [0.5, 0.6) is 5.75 Å². The van der Waals surface area contributed by atoms with Crippen LogP contribution < -0.4 is 10.1 Å². The Balaban J connectivity index is 1.67. The van der Waals surface area contributed by atoms with Crippen molar-refractivity contribution in [2.45, 2.75) is 71.9 Å². The van der Waals surface area contributed by atoms with Crippen LogP contribution in [0.25, 0.3) is 16.9 Å². The van der Waals surface area contributed by atoms with Crippen LogP contribution in [0.15, 0.2) is 36.4 Å². The molecule has 2 aromatic carbocycles. The first-order chi connectivity index (χ1) is 21.6. The SMILES string of the molecule is Cc1nc2cc(C(=O)NCc3cccc(C(F)(F)F)c3)nn2c(-c2cc(F)c3c(c2C)CCCO3)c1[C@H](OC(C)(C)C)C(=O)OF. The molecule has 5 rings (SSSR count). The molecule has 0 aliphatic carbocycles. The molecule has 0 unspecified atom stereocenters. The van der Waals surface area contributed by atoms with Crippen molar-refractivity contribution in [3.63, 3.8) is 0 Å². The van der Waals surface area contributed by atoms with Crippen molar-refractivity contribution in [3.8, 4) is 17.0 Å². The molecule has 2 aromatic heterocycles. The quantitative estimate of drug-likeness (QED) is 0.223. The highest BCUT2D eigenvalue weighted by atomic mass is 19.4. The van der Waals surface area contributed by atoms with E-state index in [-0.39, 0.29) is 51.7 Å². The van der Waals surface area contributed by atoms with E-state index in [1.807, 2.05) is 0 Å². The van der Waals surface area contributed by atoms with Crippen molar-refractivity contribution in [1.29, 1.82) is 0 Å². The number of aromatic nitrogens is 3. The van der Waals surface area contributed by atoms with Gasteiger partial charge in [-0.05, 0) is 76.8 Å². The Morgan fingerprint density at radius 3 is 2.54 bits per heavy atom. The molecule has 0 fully saturated rings. The summed E-state index contributed by atoms with van der Waals surface area (Å²) in [6, 6.07) is 7.07. The van der Waals surface area contributed by atoms with E-state index in [9.17, 15) is 27.3 Å². The molecule has 0 radical (unpaired) electrons. The van der Waals surface area contributed by atoms with Crippen LogP contribution in [0.3, 0.4) is 0 Å². The van der Waals surface area contributed by atoms with E-state index < -0.39 is 41.1 Å². The van der Waals surface area contributed by atoms with Crippen LogP contribution in [0.4, 0.5) is 22.1 Å². The normalized spacial score (nSPS) is 14.0. The summed E-state index contributed by atoms with van der Waals surface area (Å²) in [5.41, 5.74) is 0.0922. The lowest BCUT2D eigenvalue weighted by Crippen LogP contribution is -2.29. The largest absolute Gasteiger partial charge is 0.490 e. The number of amides is 1. The summed E-state index contributed by atoms with van der Waals surface area (Å²) in [6.45, 7) is 8.33. The van der Waals surface area contributed by atoms with Crippen LogP contribution in [-0.4, -0.2) is 38.7 Å². The molecule has 0 saturated carbocycles. The van der Waals surface area contributed by atoms with E-state index in [1.165, 1.54) is 35.7 Å². The fraction of sp³-hybridized carbons (Fsp3) is 0.375. The number of carbonyl (C=O) groups excluding carboxylic acids is 2. The number of carbonyl (C=O) groups is 2. The molecule has 244 valence electrons. The Morgan fingerprint density at radius 1 is 1.13 bits per heavy atom. The highest BCUT2D eigenvalue weighted by Crippen LogP contribution is 2.42. The number of hydrogen-bond acceptors (Lipinski definition) is 7. The van der Waals surface area contributed by atoms with E-state index in [0.717, 1.165) is 12.1 Å². The second-order valence-electron chi connectivity index (χ2n) is 11.9. The van der Waals surface area contributed by atoms with Crippen molar-refractivity contribution in [3.05, 3.63) is 81.4 Å². The fourth-order valence-electron chi connectivity index (χ4n) is 5.47. The maximum atomic E-state index is 15.5. The summed E-state index contributed by atoms with van der Waals surface area (Å²) < 4.78 is 81.3.